The number of rotatable bonds is 6. The molecule has 1 aromatic carbocycles. The molecule has 1 aromatic rings. The fourth-order valence-electron chi connectivity index (χ4n) is 2.70. The van der Waals surface area contributed by atoms with Gasteiger partial charge >= 0.3 is 0 Å². The van der Waals surface area contributed by atoms with Crippen molar-refractivity contribution < 1.29 is 18.6 Å². The van der Waals surface area contributed by atoms with Gasteiger partial charge in [0.25, 0.3) is 0 Å². The summed E-state index contributed by atoms with van der Waals surface area (Å²) in [5, 5.41) is 10.0. The van der Waals surface area contributed by atoms with Crippen LogP contribution in [0.4, 0.5) is 8.78 Å². The minimum absolute atomic E-state index is 0.00685. The van der Waals surface area contributed by atoms with Gasteiger partial charge < -0.3 is 9.84 Å². The standard InChI is InChI=1S/C15H19BrF2O2/c1-2-20-11-6-9(7-11)5-10(19)8-12-14(17)4-3-13(16)15(12)18/h3-4,9-11,19H,2,5-8H2,1H3. The molecule has 1 atom stereocenters. The van der Waals surface area contributed by atoms with Gasteiger partial charge in [-0.1, -0.05) is 0 Å². The van der Waals surface area contributed by atoms with E-state index in [4.69, 9.17) is 4.74 Å². The topological polar surface area (TPSA) is 29.5 Å². The minimum Gasteiger partial charge on any atom is -0.393 e. The van der Waals surface area contributed by atoms with E-state index in [1.54, 1.807) is 0 Å². The molecule has 1 unspecified atom stereocenters. The molecule has 20 heavy (non-hydrogen) atoms. The van der Waals surface area contributed by atoms with Crippen LogP contribution in [0.1, 0.15) is 31.7 Å². The number of halogens is 3. The maximum absolute atomic E-state index is 13.8. The van der Waals surface area contributed by atoms with Crippen molar-refractivity contribution in [3.05, 3.63) is 33.8 Å². The molecule has 2 rings (SSSR count). The predicted molar refractivity (Wildman–Crippen MR) is 76.5 cm³/mol. The Kier molecular flexibility index (Phi) is 5.52. The van der Waals surface area contributed by atoms with Crippen molar-refractivity contribution in [3.8, 4) is 0 Å². The van der Waals surface area contributed by atoms with Crippen molar-refractivity contribution in [1.29, 1.82) is 0 Å². The van der Waals surface area contributed by atoms with E-state index in [0.717, 1.165) is 12.8 Å². The molecule has 0 amide bonds. The first kappa shape index (κ1) is 15.9. The van der Waals surface area contributed by atoms with E-state index in [0.29, 0.717) is 18.9 Å². The Morgan fingerprint density at radius 1 is 1.40 bits per heavy atom. The SMILES string of the molecule is CCOC1CC(CC(O)Cc2c(F)ccc(Br)c2F)C1. The van der Waals surface area contributed by atoms with Gasteiger partial charge in [0.15, 0.2) is 0 Å². The second-order valence-corrected chi connectivity index (χ2v) is 6.18. The van der Waals surface area contributed by atoms with Gasteiger partial charge in [0, 0.05) is 18.6 Å². The lowest BCUT2D eigenvalue weighted by Crippen LogP contribution is -2.34. The maximum Gasteiger partial charge on any atom is 0.143 e. The summed E-state index contributed by atoms with van der Waals surface area (Å²) >= 11 is 3.03. The molecule has 2 nitrogen and oxygen atoms in total. The van der Waals surface area contributed by atoms with Gasteiger partial charge in [-0.3, -0.25) is 0 Å². The van der Waals surface area contributed by atoms with Crippen molar-refractivity contribution in [2.75, 3.05) is 6.61 Å². The van der Waals surface area contributed by atoms with Crippen LogP contribution in [0.3, 0.4) is 0 Å². The Balaban J connectivity index is 1.87. The van der Waals surface area contributed by atoms with E-state index in [-0.39, 0.29) is 22.6 Å². The van der Waals surface area contributed by atoms with Crippen molar-refractivity contribution in [2.45, 2.75) is 44.8 Å². The Bertz CT molecular complexity index is 461. The Labute approximate surface area is 126 Å². The van der Waals surface area contributed by atoms with Crippen LogP contribution in [0, 0.1) is 17.6 Å². The fraction of sp³-hybridized carbons (Fsp3) is 0.600. The Morgan fingerprint density at radius 2 is 2.10 bits per heavy atom. The van der Waals surface area contributed by atoms with Crippen LogP contribution < -0.4 is 0 Å². The number of hydrogen-bond donors (Lipinski definition) is 1. The van der Waals surface area contributed by atoms with Crippen LogP contribution in [-0.4, -0.2) is 23.9 Å². The number of hydrogen-bond acceptors (Lipinski definition) is 2. The van der Waals surface area contributed by atoms with E-state index < -0.39 is 17.7 Å². The summed E-state index contributed by atoms with van der Waals surface area (Å²) in [5.74, 6) is -0.838. The van der Waals surface area contributed by atoms with E-state index in [1.165, 1.54) is 12.1 Å². The summed E-state index contributed by atoms with van der Waals surface area (Å²) < 4.78 is 33.1. The zero-order valence-electron chi connectivity index (χ0n) is 11.4. The van der Waals surface area contributed by atoms with Crippen molar-refractivity contribution >= 4 is 15.9 Å². The molecule has 1 saturated carbocycles. The van der Waals surface area contributed by atoms with Gasteiger partial charge in [0.2, 0.25) is 0 Å². The van der Waals surface area contributed by atoms with E-state index >= 15 is 0 Å². The Hall–Kier alpha value is -0.520. The fourth-order valence-corrected chi connectivity index (χ4v) is 3.07. The van der Waals surface area contributed by atoms with Crippen molar-refractivity contribution in [1.82, 2.24) is 0 Å². The lowest BCUT2D eigenvalue weighted by Gasteiger charge is -2.36. The third kappa shape index (κ3) is 3.77. The third-order valence-corrected chi connectivity index (χ3v) is 4.39. The van der Waals surface area contributed by atoms with Gasteiger partial charge in [-0.25, -0.2) is 8.78 Å². The first-order valence-electron chi connectivity index (χ1n) is 6.93. The summed E-state index contributed by atoms with van der Waals surface area (Å²) in [5.41, 5.74) is -0.0486. The second kappa shape index (κ2) is 6.96. The molecule has 0 saturated heterocycles. The summed E-state index contributed by atoms with van der Waals surface area (Å²) in [6.07, 6.45) is 1.99. The van der Waals surface area contributed by atoms with E-state index in [2.05, 4.69) is 15.9 Å². The van der Waals surface area contributed by atoms with Crippen LogP contribution >= 0.6 is 15.9 Å². The zero-order chi connectivity index (χ0) is 14.7. The lowest BCUT2D eigenvalue weighted by molar-refractivity contribution is -0.0376. The summed E-state index contributed by atoms with van der Waals surface area (Å²) in [4.78, 5) is 0. The highest BCUT2D eigenvalue weighted by Crippen LogP contribution is 2.34. The van der Waals surface area contributed by atoms with E-state index in [1.807, 2.05) is 6.92 Å². The summed E-state index contributed by atoms with van der Waals surface area (Å²) in [6, 6.07) is 2.54. The summed E-state index contributed by atoms with van der Waals surface area (Å²) in [7, 11) is 0. The monoisotopic (exact) mass is 348 g/mol. The van der Waals surface area contributed by atoms with Gasteiger partial charge in [0.1, 0.15) is 11.6 Å². The molecule has 1 N–H and O–H groups in total. The van der Waals surface area contributed by atoms with Gasteiger partial charge in [-0.05, 0) is 60.2 Å². The molecule has 0 aliphatic heterocycles. The zero-order valence-corrected chi connectivity index (χ0v) is 13.0. The van der Waals surface area contributed by atoms with Gasteiger partial charge in [-0.15, -0.1) is 0 Å². The van der Waals surface area contributed by atoms with Crippen LogP contribution in [0.15, 0.2) is 16.6 Å². The third-order valence-electron chi connectivity index (χ3n) is 3.78. The van der Waals surface area contributed by atoms with Crippen LogP contribution in [0.25, 0.3) is 0 Å². The first-order valence-corrected chi connectivity index (χ1v) is 7.72. The van der Waals surface area contributed by atoms with Crippen LogP contribution in [-0.2, 0) is 11.2 Å². The molecule has 1 aliphatic carbocycles. The van der Waals surface area contributed by atoms with Gasteiger partial charge in [-0.2, -0.15) is 0 Å². The molecule has 1 fully saturated rings. The average Bonchev–Trinajstić information content (AvgIpc) is 2.37. The summed E-state index contributed by atoms with van der Waals surface area (Å²) in [6.45, 7) is 2.66. The highest BCUT2D eigenvalue weighted by Gasteiger charge is 2.31. The maximum atomic E-state index is 13.8. The smallest absolute Gasteiger partial charge is 0.143 e. The lowest BCUT2D eigenvalue weighted by atomic mass is 9.78. The highest BCUT2D eigenvalue weighted by atomic mass is 79.9. The highest BCUT2D eigenvalue weighted by molar-refractivity contribution is 9.10. The molecule has 0 aromatic heterocycles. The number of aliphatic hydroxyl groups is 1. The van der Waals surface area contributed by atoms with Crippen LogP contribution in [0.2, 0.25) is 0 Å². The predicted octanol–water partition coefficient (Wildman–Crippen LogP) is 3.84. The Morgan fingerprint density at radius 3 is 2.75 bits per heavy atom. The van der Waals surface area contributed by atoms with Gasteiger partial charge in [0.05, 0.1) is 16.7 Å². The molecule has 0 heterocycles. The van der Waals surface area contributed by atoms with E-state index in [9.17, 15) is 13.9 Å². The average molecular weight is 349 g/mol. The van der Waals surface area contributed by atoms with Crippen molar-refractivity contribution in [3.63, 3.8) is 0 Å². The molecule has 0 spiro atoms. The molecule has 0 radical (unpaired) electrons. The quantitative estimate of drug-likeness (QED) is 0.791. The molecular weight excluding hydrogens is 330 g/mol. The van der Waals surface area contributed by atoms with Crippen LogP contribution in [0.5, 0.6) is 0 Å². The number of aliphatic hydroxyl groups excluding tert-OH is 1. The molecule has 0 bridgehead atoms. The second-order valence-electron chi connectivity index (χ2n) is 5.33. The number of ether oxygens (including phenoxy) is 1. The largest absolute Gasteiger partial charge is 0.393 e. The minimum atomic E-state index is -0.721. The molecule has 5 heteroatoms. The number of benzene rings is 1. The normalized spacial score (nSPS) is 23.4. The molecule has 112 valence electrons. The first-order chi connectivity index (χ1) is 9.51. The molecular formula is C15H19BrF2O2. The molecule has 1 aliphatic rings. The van der Waals surface area contributed by atoms with Crippen molar-refractivity contribution in [2.24, 2.45) is 5.92 Å².